The van der Waals surface area contributed by atoms with Gasteiger partial charge in [-0.15, -0.1) is 22.7 Å². The molecule has 0 bridgehead atoms. The summed E-state index contributed by atoms with van der Waals surface area (Å²) in [6.45, 7) is 8.89. The molecule has 1 N–H and O–H groups in total. The number of rotatable bonds is 3. The lowest BCUT2D eigenvalue weighted by molar-refractivity contribution is 1.05. The molecular weight excluding hydrogens is 288 g/mol. The zero-order valence-electron chi connectivity index (χ0n) is 11.9. The Morgan fingerprint density at radius 2 is 1.90 bits per heavy atom. The Labute approximate surface area is 125 Å². The van der Waals surface area contributed by atoms with Crippen LogP contribution in [0.5, 0.6) is 0 Å². The number of nitrogens with one attached hydrogen (secondary N) is 1. The van der Waals surface area contributed by atoms with Crippen LogP contribution in [0.4, 0.5) is 5.82 Å². The van der Waals surface area contributed by atoms with E-state index in [-0.39, 0.29) is 0 Å². The van der Waals surface area contributed by atoms with E-state index in [9.17, 15) is 0 Å². The van der Waals surface area contributed by atoms with Crippen molar-refractivity contribution in [3.63, 3.8) is 0 Å². The van der Waals surface area contributed by atoms with Crippen LogP contribution < -0.4 is 5.32 Å². The zero-order chi connectivity index (χ0) is 14.3. The van der Waals surface area contributed by atoms with Gasteiger partial charge in [0.2, 0.25) is 0 Å². The fourth-order valence-corrected chi connectivity index (χ4v) is 4.06. The van der Waals surface area contributed by atoms with Gasteiger partial charge in [-0.05, 0) is 38.6 Å². The lowest BCUT2D eigenvalue weighted by atomic mass is 10.2. The SMILES string of the molecule is Cc1nc(NCc2sc(C)nc2C)c2c(C)csc2n1. The molecule has 0 aliphatic heterocycles. The van der Waals surface area contributed by atoms with Crippen molar-refractivity contribution >= 4 is 38.7 Å². The highest BCUT2D eigenvalue weighted by Crippen LogP contribution is 2.30. The quantitative estimate of drug-likeness (QED) is 0.795. The predicted octanol–water partition coefficient (Wildman–Crippen LogP) is 3.99. The van der Waals surface area contributed by atoms with Gasteiger partial charge < -0.3 is 5.32 Å². The summed E-state index contributed by atoms with van der Waals surface area (Å²) < 4.78 is 0. The highest BCUT2D eigenvalue weighted by molar-refractivity contribution is 7.17. The van der Waals surface area contributed by atoms with E-state index in [0.717, 1.165) is 39.1 Å². The smallest absolute Gasteiger partial charge is 0.139 e. The molecule has 0 spiro atoms. The molecule has 0 aliphatic rings. The first-order chi connectivity index (χ1) is 9.54. The summed E-state index contributed by atoms with van der Waals surface area (Å²) in [4.78, 5) is 15.8. The number of hydrogen-bond donors (Lipinski definition) is 1. The summed E-state index contributed by atoms with van der Waals surface area (Å²) in [5.74, 6) is 1.73. The average Bonchev–Trinajstić information content (AvgIpc) is 2.90. The third kappa shape index (κ3) is 2.41. The molecule has 20 heavy (non-hydrogen) atoms. The zero-order valence-corrected chi connectivity index (χ0v) is 13.6. The molecule has 0 saturated heterocycles. The van der Waals surface area contributed by atoms with Crippen LogP contribution in [0.3, 0.4) is 0 Å². The normalized spacial score (nSPS) is 11.2. The van der Waals surface area contributed by atoms with E-state index in [1.807, 2.05) is 13.8 Å². The van der Waals surface area contributed by atoms with Gasteiger partial charge in [0.1, 0.15) is 16.5 Å². The summed E-state index contributed by atoms with van der Waals surface area (Å²) in [5, 5.41) is 7.83. The van der Waals surface area contributed by atoms with E-state index in [0.29, 0.717) is 0 Å². The molecule has 104 valence electrons. The number of thiophene rings is 1. The molecule has 0 atom stereocenters. The van der Waals surface area contributed by atoms with E-state index in [4.69, 9.17) is 0 Å². The largest absolute Gasteiger partial charge is 0.364 e. The first-order valence-corrected chi connectivity index (χ1v) is 8.13. The highest BCUT2D eigenvalue weighted by atomic mass is 32.1. The Hall–Kier alpha value is -1.53. The fourth-order valence-electron chi connectivity index (χ4n) is 2.22. The van der Waals surface area contributed by atoms with E-state index in [1.165, 1.54) is 10.4 Å². The molecule has 0 amide bonds. The van der Waals surface area contributed by atoms with Crippen molar-refractivity contribution < 1.29 is 0 Å². The van der Waals surface area contributed by atoms with Crippen molar-refractivity contribution in [1.82, 2.24) is 15.0 Å². The maximum Gasteiger partial charge on any atom is 0.139 e. The molecule has 0 saturated carbocycles. The molecular formula is C14H16N4S2. The van der Waals surface area contributed by atoms with Crippen LogP contribution in [0, 0.1) is 27.7 Å². The van der Waals surface area contributed by atoms with E-state index >= 15 is 0 Å². The number of anilines is 1. The Morgan fingerprint density at radius 1 is 1.10 bits per heavy atom. The number of hydrogen-bond acceptors (Lipinski definition) is 6. The van der Waals surface area contributed by atoms with Crippen molar-refractivity contribution in [3.8, 4) is 0 Å². The van der Waals surface area contributed by atoms with Crippen molar-refractivity contribution in [2.24, 2.45) is 0 Å². The summed E-state index contributed by atoms with van der Waals surface area (Å²) in [5.41, 5.74) is 2.33. The topological polar surface area (TPSA) is 50.7 Å². The molecule has 0 aromatic carbocycles. The third-order valence-corrected chi connectivity index (χ3v) is 5.21. The molecule has 3 rings (SSSR count). The summed E-state index contributed by atoms with van der Waals surface area (Å²) in [7, 11) is 0. The fraction of sp³-hybridized carbons (Fsp3) is 0.357. The molecule has 0 fully saturated rings. The Bertz CT molecular complexity index is 773. The lowest BCUT2D eigenvalue weighted by Gasteiger charge is -2.07. The molecule has 0 aliphatic carbocycles. The number of thiazole rings is 1. The molecule has 3 aromatic heterocycles. The van der Waals surface area contributed by atoms with E-state index < -0.39 is 0 Å². The van der Waals surface area contributed by atoms with Crippen LogP contribution in [-0.2, 0) is 6.54 Å². The first kappa shape index (κ1) is 13.5. The van der Waals surface area contributed by atoms with Crippen LogP contribution in [0.1, 0.15) is 27.0 Å². The minimum Gasteiger partial charge on any atom is -0.364 e. The van der Waals surface area contributed by atoms with Crippen molar-refractivity contribution in [3.05, 3.63) is 32.3 Å². The highest BCUT2D eigenvalue weighted by Gasteiger charge is 2.11. The maximum absolute atomic E-state index is 4.55. The molecule has 3 heterocycles. The van der Waals surface area contributed by atoms with E-state index in [1.54, 1.807) is 22.7 Å². The van der Waals surface area contributed by atoms with Crippen LogP contribution in [-0.4, -0.2) is 15.0 Å². The van der Waals surface area contributed by atoms with Crippen molar-refractivity contribution in [1.29, 1.82) is 0 Å². The number of aromatic nitrogens is 3. The van der Waals surface area contributed by atoms with Gasteiger partial charge >= 0.3 is 0 Å². The van der Waals surface area contributed by atoms with Crippen molar-refractivity contribution in [2.45, 2.75) is 34.2 Å². The van der Waals surface area contributed by atoms with Gasteiger partial charge in [0.15, 0.2) is 0 Å². The van der Waals surface area contributed by atoms with Gasteiger partial charge in [0, 0.05) is 4.88 Å². The molecule has 0 unspecified atom stereocenters. The Kier molecular flexibility index (Phi) is 3.43. The van der Waals surface area contributed by atoms with Crippen LogP contribution in [0.15, 0.2) is 5.38 Å². The third-order valence-electron chi connectivity index (χ3n) is 3.15. The van der Waals surface area contributed by atoms with Gasteiger partial charge in [0.05, 0.1) is 22.6 Å². The second kappa shape index (κ2) is 5.10. The van der Waals surface area contributed by atoms with Gasteiger partial charge in [0.25, 0.3) is 0 Å². The van der Waals surface area contributed by atoms with Gasteiger partial charge in [-0.2, -0.15) is 0 Å². The first-order valence-electron chi connectivity index (χ1n) is 6.44. The predicted molar refractivity (Wildman–Crippen MR) is 85.8 cm³/mol. The lowest BCUT2D eigenvalue weighted by Crippen LogP contribution is -2.03. The molecule has 6 heteroatoms. The summed E-state index contributed by atoms with van der Waals surface area (Å²) in [6, 6.07) is 0. The van der Waals surface area contributed by atoms with Crippen LogP contribution >= 0.6 is 22.7 Å². The van der Waals surface area contributed by atoms with Crippen LogP contribution in [0.25, 0.3) is 10.2 Å². The van der Waals surface area contributed by atoms with Crippen molar-refractivity contribution in [2.75, 3.05) is 5.32 Å². The summed E-state index contributed by atoms with van der Waals surface area (Å²) >= 11 is 3.41. The number of nitrogens with zero attached hydrogens (tertiary/aromatic N) is 3. The second-order valence-corrected chi connectivity index (χ2v) is 6.96. The Morgan fingerprint density at radius 3 is 2.60 bits per heavy atom. The second-order valence-electron chi connectivity index (χ2n) is 4.81. The minimum absolute atomic E-state index is 0.762. The van der Waals surface area contributed by atoms with E-state index in [2.05, 4.69) is 39.5 Å². The minimum atomic E-state index is 0.762. The number of aryl methyl sites for hydroxylation is 4. The summed E-state index contributed by atoms with van der Waals surface area (Å²) in [6.07, 6.45) is 0. The van der Waals surface area contributed by atoms with Gasteiger partial charge in [-0.1, -0.05) is 0 Å². The molecule has 0 radical (unpaired) electrons. The monoisotopic (exact) mass is 304 g/mol. The Balaban J connectivity index is 1.94. The maximum atomic E-state index is 4.55. The molecule has 3 aromatic rings. The number of fused-ring (bicyclic) bond motifs is 1. The van der Waals surface area contributed by atoms with Gasteiger partial charge in [-0.3, -0.25) is 0 Å². The van der Waals surface area contributed by atoms with Crippen LogP contribution in [0.2, 0.25) is 0 Å². The average molecular weight is 304 g/mol. The molecule has 4 nitrogen and oxygen atoms in total. The van der Waals surface area contributed by atoms with Gasteiger partial charge in [-0.25, -0.2) is 15.0 Å². The standard InChI is InChI=1S/C14H16N4S2/c1-7-6-19-14-12(7)13(17-9(3)18-14)15-5-11-8(2)16-10(4)20-11/h6H,5H2,1-4H3,(H,15,17,18).